The number of hydrogen-bond donors (Lipinski definition) is 0. The van der Waals surface area contributed by atoms with Crippen molar-refractivity contribution in [3.63, 3.8) is 0 Å². The van der Waals surface area contributed by atoms with Crippen LogP contribution in [0.25, 0.3) is 0 Å². The summed E-state index contributed by atoms with van der Waals surface area (Å²) in [6.45, 7) is 3.84. The fourth-order valence-corrected chi connectivity index (χ4v) is 3.89. The van der Waals surface area contributed by atoms with E-state index in [-0.39, 0.29) is 51.2 Å². The Morgan fingerprint density at radius 3 is 2.00 bits per heavy atom. The van der Waals surface area contributed by atoms with Crippen molar-refractivity contribution in [3.8, 4) is 11.5 Å². The van der Waals surface area contributed by atoms with Crippen LogP contribution in [-0.2, 0) is 17.1 Å². The molecule has 0 fully saturated rings. The van der Waals surface area contributed by atoms with Gasteiger partial charge in [0, 0.05) is 17.5 Å². The van der Waals surface area contributed by atoms with Crippen molar-refractivity contribution in [2.75, 3.05) is 26.4 Å². The molecule has 0 amide bonds. The molecule has 0 heterocycles. The monoisotopic (exact) mass is 490 g/mol. The topological polar surface area (TPSA) is 44.8 Å². The molecule has 0 N–H and O–H groups in total. The summed E-state index contributed by atoms with van der Waals surface area (Å²) in [7, 11) is -1.03. The molecule has 1 atom stereocenters. The van der Waals surface area contributed by atoms with Gasteiger partial charge in [0.05, 0.1) is 24.3 Å². The van der Waals surface area contributed by atoms with Crippen molar-refractivity contribution in [1.82, 2.24) is 0 Å². The number of carbonyl (C=O) groups is 1. The largest absolute Gasteiger partial charge is 1.00 e. The molecule has 0 saturated carbocycles. The van der Waals surface area contributed by atoms with Crippen LogP contribution < -0.4 is 33.6 Å². The van der Waals surface area contributed by atoms with E-state index in [0.29, 0.717) is 18.7 Å². The summed E-state index contributed by atoms with van der Waals surface area (Å²) < 4.78 is 97.4. The first-order valence-electron chi connectivity index (χ1n) is 9.55. The van der Waals surface area contributed by atoms with E-state index in [4.69, 9.17) is 14.2 Å². The molecule has 4 nitrogen and oxygen atoms in total. The average Bonchev–Trinajstić information content (AvgIpc) is 2.70. The van der Waals surface area contributed by atoms with Gasteiger partial charge >= 0.3 is 31.2 Å². The number of hydrogen-bond acceptors (Lipinski definition) is 4. The SMILES string of the molecule is CCOCCOc1ccccc1PC(=O)c1c(C(F)(F)F)cc(OCC)cc1C(F)(F)F.[H-].[Li+]. The number of ether oxygens (including phenoxy) is 3. The van der Waals surface area contributed by atoms with E-state index >= 15 is 0 Å². The summed E-state index contributed by atoms with van der Waals surface area (Å²) in [5, 5.41) is 0.184. The molecule has 2 aromatic carbocycles. The molecule has 0 bridgehead atoms. The Morgan fingerprint density at radius 1 is 0.909 bits per heavy atom. The molecule has 0 aliphatic rings. The van der Waals surface area contributed by atoms with E-state index in [0.717, 1.165) is 0 Å². The molecule has 0 aliphatic heterocycles. The smallest absolute Gasteiger partial charge is 1.00 e. The Morgan fingerprint density at radius 2 is 1.48 bits per heavy atom. The third-order valence-corrected chi connectivity index (χ3v) is 5.24. The van der Waals surface area contributed by atoms with Gasteiger partial charge in [0.15, 0.2) is 5.52 Å². The zero-order valence-electron chi connectivity index (χ0n) is 19.2. The molecule has 0 aromatic heterocycles. The quantitative estimate of drug-likeness (QED) is 0.223. The van der Waals surface area contributed by atoms with Gasteiger partial charge in [0.25, 0.3) is 0 Å². The molecular formula is C21H22F6LiO4P. The van der Waals surface area contributed by atoms with Crippen LogP contribution in [0.1, 0.15) is 36.8 Å². The van der Waals surface area contributed by atoms with Gasteiger partial charge in [-0.1, -0.05) is 18.2 Å². The molecule has 178 valence electrons. The van der Waals surface area contributed by atoms with Gasteiger partial charge in [0.2, 0.25) is 0 Å². The number of para-hydroxylation sites is 1. The minimum atomic E-state index is -5.20. The molecule has 2 rings (SSSR count). The number of alkyl halides is 6. The zero-order valence-corrected chi connectivity index (χ0v) is 19.2. The molecule has 2 aromatic rings. The van der Waals surface area contributed by atoms with Gasteiger partial charge in [0.1, 0.15) is 18.1 Å². The number of halogens is 6. The fourth-order valence-electron chi connectivity index (χ4n) is 2.79. The van der Waals surface area contributed by atoms with Crippen LogP contribution >= 0.6 is 8.58 Å². The van der Waals surface area contributed by atoms with E-state index in [1.165, 1.54) is 25.1 Å². The summed E-state index contributed by atoms with van der Waals surface area (Å²) in [6, 6.07) is 6.82. The van der Waals surface area contributed by atoms with Gasteiger partial charge < -0.3 is 15.6 Å². The van der Waals surface area contributed by atoms with Crippen LogP contribution in [0.15, 0.2) is 36.4 Å². The van der Waals surface area contributed by atoms with E-state index in [2.05, 4.69) is 0 Å². The van der Waals surface area contributed by atoms with Gasteiger partial charge in [-0.15, -0.1) is 0 Å². The maximum Gasteiger partial charge on any atom is 1.00 e. The molecule has 33 heavy (non-hydrogen) atoms. The predicted molar refractivity (Wildman–Crippen MR) is 109 cm³/mol. The molecule has 0 spiro atoms. The second kappa shape index (κ2) is 12.7. The van der Waals surface area contributed by atoms with Crippen molar-refractivity contribution in [3.05, 3.63) is 53.1 Å². The third-order valence-electron chi connectivity index (χ3n) is 4.09. The number of rotatable bonds is 10. The maximum absolute atomic E-state index is 13.6. The van der Waals surface area contributed by atoms with Gasteiger partial charge in [-0.3, -0.25) is 4.79 Å². The first-order chi connectivity index (χ1) is 15.0. The normalized spacial score (nSPS) is 12.0. The standard InChI is InChI=1S/C21H21F6O4P.Li.H/c1-3-29-9-10-31-16-7-5-6-8-17(16)32-19(28)18-14(20(22,23)24)11-13(30-4-2)12-15(18)21(25,26)27;;/h5-8,11-12,32H,3-4,9-10H2,1-2H3;;/q;+1;-1. The van der Waals surface area contributed by atoms with Crippen LogP contribution in [0.4, 0.5) is 26.3 Å². The van der Waals surface area contributed by atoms with Crippen molar-refractivity contribution in [2.24, 2.45) is 0 Å². The molecule has 0 radical (unpaired) electrons. The van der Waals surface area contributed by atoms with Crippen LogP contribution in [0, 0.1) is 0 Å². The van der Waals surface area contributed by atoms with Gasteiger partial charge in [-0.2, -0.15) is 26.3 Å². The van der Waals surface area contributed by atoms with Crippen LogP contribution in [-0.4, -0.2) is 32.0 Å². The summed E-state index contributed by atoms with van der Waals surface area (Å²) >= 11 is 0. The average molecular weight is 490 g/mol. The summed E-state index contributed by atoms with van der Waals surface area (Å²) in [5.41, 5.74) is -6.13. The Balaban J connectivity index is 0.00000544. The summed E-state index contributed by atoms with van der Waals surface area (Å²) in [6.07, 6.45) is -10.4. The van der Waals surface area contributed by atoms with Gasteiger partial charge in [-0.25, -0.2) is 0 Å². The van der Waals surface area contributed by atoms with Crippen LogP contribution in [0.3, 0.4) is 0 Å². The van der Waals surface area contributed by atoms with Crippen molar-refractivity contribution >= 4 is 19.4 Å². The van der Waals surface area contributed by atoms with Crippen molar-refractivity contribution in [2.45, 2.75) is 26.2 Å². The second-order valence-electron chi connectivity index (χ2n) is 6.32. The first-order valence-corrected chi connectivity index (χ1v) is 10.5. The Kier molecular flexibility index (Phi) is 11.2. The summed E-state index contributed by atoms with van der Waals surface area (Å²) in [5.74, 6) is -0.432. The molecule has 1 unspecified atom stereocenters. The fraction of sp³-hybridized carbons (Fsp3) is 0.381. The third kappa shape index (κ3) is 8.22. The first kappa shape index (κ1) is 29.3. The Labute approximate surface area is 202 Å². The van der Waals surface area contributed by atoms with Crippen LogP contribution in [0.2, 0.25) is 0 Å². The maximum atomic E-state index is 13.6. The number of carbonyl (C=O) groups excluding carboxylic acids is 1. The zero-order chi connectivity index (χ0) is 23.9. The summed E-state index contributed by atoms with van der Waals surface area (Å²) in [4.78, 5) is 12.8. The Bertz CT molecular complexity index is 905. The minimum absolute atomic E-state index is 0. The van der Waals surface area contributed by atoms with E-state index in [9.17, 15) is 31.1 Å². The van der Waals surface area contributed by atoms with E-state index < -0.39 is 48.9 Å². The van der Waals surface area contributed by atoms with E-state index in [1.54, 1.807) is 13.0 Å². The molecule has 12 heteroatoms. The van der Waals surface area contributed by atoms with Crippen molar-refractivity contribution < 1.29 is 65.6 Å². The molecule has 0 saturated heterocycles. The number of benzene rings is 2. The van der Waals surface area contributed by atoms with Crippen LogP contribution in [0.5, 0.6) is 11.5 Å². The van der Waals surface area contributed by atoms with Crippen molar-refractivity contribution in [1.29, 1.82) is 0 Å². The minimum Gasteiger partial charge on any atom is -1.00 e. The predicted octanol–water partition coefficient (Wildman–Crippen LogP) is 2.80. The molecular weight excluding hydrogens is 468 g/mol. The second-order valence-corrected chi connectivity index (χ2v) is 7.56. The Hall–Kier alpha value is -1.72. The van der Waals surface area contributed by atoms with Gasteiger partial charge in [-0.05, 0) is 40.6 Å². The molecule has 0 aliphatic carbocycles. The van der Waals surface area contributed by atoms with E-state index in [1.807, 2.05) is 0 Å².